The number of benzene rings is 2. The summed E-state index contributed by atoms with van der Waals surface area (Å²) < 4.78 is 23.2. The number of ether oxygens (including phenoxy) is 3. The summed E-state index contributed by atoms with van der Waals surface area (Å²) >= 11 is 0. The maximum atomic E-state index is 13.1. The van der Waals surface area contributed by atoms with Gasteiger partial charge in [0.15, 0.2) is 8.32 Å². The minimum absolute atomic E-state index is 0.0627. The largest absolute Gasteiger partial charge is 0.497 e. The van der Waals surface area contributed by atoms with Crippen molar-refractivity contribution in [1.82, 2.24) is 0 Å². The maximum absolute atomic E-state index is 13.1. The Morgan fingerprint density at radius 3 is 2.27 bits per heavy atom. The second-order valence-corrected chi connectivity index (χ2v) is 14.7. The number of hydrogen-bond donors (Lipinski definition) is 0. The summed E-state index contributed by atoms with van der Waals surface area (Å²) in [6.07, 6.45) is 2.12. The quantitative estimate of drug-likeness (QED) is 0.214. The predicted octanol–water partition coefficient (Wildman–Crippen LogP) is 6.45. The van der Waals surface area contributed by atoms with Crippen LogP contribution in [0.15, 0.2) is 42.5 Å². The van der Waals surface area contributed by atoms with Gasteiger partial charge in [-0.3, -0.25) is 0 Å². The number of aryl methyl sites for hydroxylation is 1. The van der Waals surface area contributed by atoms with Crippen LogP contribution in [-0.4, -0.2) is 41.2 Å². The van der Waals surface area contributed by atoms with Crippen molar-refractivity contribution in [3.8, 4) is 11.5 Å². The van der Waals surface area contributed by atoms with Crippen LogP contribution >= 0.6 is 0 Å². The molecule has 2 aromatic rings. The molecule has 0 heterocycles. The Kier molecular flexibility index (Phi) is 9.55. The third-order valence-corrected chi connectivity index (χ3v) is 10.9. The lowest BCUT2D eigenvalue weighted by Crippen LogP contribution is -2.43. The van der Waals surface area contributed by atoms with Crippen molar-refractivity contribution in [1.29, 1.82) is 0 Å². The van der Waals surface area contributed by atoms with Gasteiger partial charge in [0.2, 0.25) is 0 Å². The standard InChI is InChI=1S/C27H40O5Si/c1-20(32-33(7,8)27(2,3)4)17-22-18-23(29-5)19-24(30-6)25(22)26(28)31-16-12-15-21-13-10-9-11-14-21/h9-11,13-14,18-20H,12,15-17H2,1-8H3/t20-/m0/s1. The van der Waals surface area contributed by atoms with E-state index in [1.165, 1.54) is 5.56 Å². The lowest BCUT2D eigenvalue weighted by molar-refractivity contribution is 0.0495. The zero-order chi connectivity index (χ0) is 24.6. The zero-order valence-electron chi connectivity index (χ0n) is 21.5. The molecule has 2 aromatic carbocycles. The smallest absolute Gasteiger partial charge is 0.342 e. The molecule has 182 valence electrons. The molecule has 0 amide bonds. The third kappa shape index (κ3) is 7.61. The van der Waals surface area contributed by atoms with Gasteiger partial charge in [-0.05, 0) is 61.5 Å². The van der Waals surface area contributed by atoms with E-state index in [4.69, 9.17) is 18.6 Å². The highest BCUT2D eigenvalue weighted by molar-refractivity contribution is 6.74. The van der Waals surface area contributed by atoms with Crippen molar-refractivity contribution in [2.24, 2.45) is 0 Å². The average molecular weight is 473 g/mol. The van der Waals surface area contributed by atoms with E-state index in [1.807, 2.05) is 24.3 Å². The van der Waals surface area contributed by atoms with Crippen molar-refractivity contribution in [2.45, 2.75) is 71.2 Å². The van der Waals surface area contributed by atoms with Crippen LogP contribution in [0, 0.1) is 0 Å². The van der Waals surface area contributed by atoms with E-state index < -0.39 is 8.32 Å². The number of esters is 1. The van der Waals surface area contributed by atoms with Crippen LogP contribution in [-0.2, 0) is 22.0 Å². The summed E-state index contributed by atoms with van der Waals surface area (Å²) in [4.78, 5) is 13.1. The molecule has 0 saturated heterocycles. The van der Waals surface area contributed by atoms with Gasteiger partial charge in [-0.25, -0.2) is 4.79 Å². The van der Waals surface area contributed by atoms with Crippen molar-refractivity contribution in [3.63, 3.8) is 0 Å². The van der Waals surface area contributed by atoms with Gasteiger partial charge in [-0.2, -0.15) is 0 Å². The van der Waals surface area contributed by atoms with Crippen LogP contribution in [0.3, 0.4) is 0 Å². The Balaban J connectivity index is 2.17. The molecule has 2 rings (SSSR count). The molecule has 0 spiro atoms. The molecule has 33 heavy (non-hydrogen) atoms. The predicted molar refractivity (Wildman–Crippen MR) is 136 cm³/mol. The molecular weight excluding hydrogens is 432 g/mol. The minimum Gasteiger partial charge on any atom is -0.497 e. The Labute approximate surface area is 200 Å². The number of carbonyl (C=O) groups excluding carboxylic acids is 1. The van der Waals surface area contributed by atoms with Crippen LogP contribution in [0.25, 0.3) is 0 Å². The molecule has 0 aliphatic heterocycles. The van der Waals surface area contributed by atoms with Crippen molar-refractivity contribution >= 4 is 14.3 Å². The summed E-state index contributed by atoms with van der Waals surface area (Å²) in [6, 6.07) is 13.8. The first-order valence-electron chi connectivity index (χ1n) is 11.6. The number of methoxy groups -OCH3 is 2. The maximum Gasteiger partial charge on any atom is 0.342 e. The summed E-state index contributed by atoms with van der Waals surface area (Å²) in [6.45, 7) is 13.5. The van der Waals surface area contributed by atoms with E-state index in [-0.39, 0.29) is 17.1 Å². The molecule has 0 aliphatic carbocycles. The summed E-state index contributed by atoms with van der Waals surface area (Å²) in [5.74, 6) is 0.719. The average Bonchev–Trinajstić information content (AvgIpc) is 2.75. The number of carbonyl (C=O) groups is 1. The zero-order valence-corrected chi connectivity index (χ0v) is 22.5. The molecule has 0 radical (unpaired) electrons. The van der Waals surface area contributed by atoms with Gasteiger partial charge in [-0.15, -0.1) is 0 Å². The van der Waals surface area contributed by atoms with Gasteiger partial charge >= 0.3 is 5.97 Å². The molecule has 0 aliphatic rings. The van der Waals surface area contributed by atoms with E-state index in [1.54, 1.807) is 20.3 Å². The first-order chi connectivity index (χ1) is 15.5. The number of rotatable bonds is 11. The molecule has 0 fully saturated rings. The van der Waals surface area contributed by atoms with E-state index in [2.05, 4.69) is 52.9 Å². The third-order valence-electron chi connectivity index (χ3n) is 6.31. The SMILES string of the molecule is COc1cc(C[C@H](C)O[Si](C)(C)C(C)(C)C)c(C(=O)OCCCc2ccccc2)c(OC)c1. The second-order valence-electron chi connectivity index (χ2n) is 9.98. The molecule has 5 nitrogen and oxygen atoms in total. The lowest BCUT2D eigenvalue weighted by Gasteiger charge is -2.38. The van der Waals surface area contributed by atoms with Crippen LogP contribution in [0.4, 0.5) is 0 Å². The molecule has 0 saturated carbocycles. The van der Waals surface area contributed by atoms with E-state index in [0.29, 0.717) is 30.1 Å². The highest BCUT2D eigenvalue weighted by Gasteiger charge is 2.38. The molecule has 6 heteroatoms. The van der Waals surface area contributed by atoms with Gasteiger partial charge in [0, 0.05) is 12.2 Å². The van der Waals surface area contributed by atoms with Crippen LogP contribution in [0.1, 0.15) is 55.6 Å². The lowest BCUT2D eigenvalue weighted by atomic mass is 10.0. The topological polar surface area (TPSA) is 54.0 Å². The van der Waals surface area contributed by atoms with Gasteiger partial charge in [-0.1, -0.05) is 51.1 Å². The molecule has 0 bridgehead atoms. The highest BCUT2D eigenvalue weighted by Crippen LogP contribution is 2.38. The van der Waals surface area contributed by atoms with E-state index in [0.717, 1.165) is 18.4 Å². The molecule has 0 N–H and O–H groups in total. The number of hydrogen-bond acceptors (Lipinski definition) is 5. The molecule has 1 atom stereocenters. The van der Waals surface area contributed by atoms with Crippen molar-refractivity contribution in [3.05, 3.63) is 59.2 Å². The van der Waals surface area contributed by atoms with Gasteiger partial charge in [0.25, 0.3) is 0 Å². The Morgan fingerprint density at radius 2 is 1.70 bits per heavy atom. The second kappa shape index (κ2) is 11.7. The van der Waals surface area contributed by atoms with Crippen LogP contribution in [0.2, 0.25) is 18.1 Å². The molecule has 0 unspecified atom stereocenters. The highest BCUT2D eigenvalue weighted by atomic mass is 28.4. The van der Waals surface area contributed by atoms with Gasteiger partial charge in [0.05, 0.1) is 20.8 Å². The van der Waals surface area contributed by atoms with E-state index >= 15 is 0 Å². The van der Waals surface area contributed by atoms with Crippen molar-refractivity contribution in [2.75, 3.05) is 20.8 Å². The fourth-order valence-electron chi connectivity index (χ4n) is 3.51. The van der Waals surface area contributed by atoms with Gasteiger partial charge in [0.1, 0.15) is 17.1 Å². The molecular formula is C27H40O5Si. The normalized spacial score (nSPS) is 12.8. The summed E-state index contributed by atoms with van der Waals surface area (Å²) in [5, 5.41) is 0.105. The Bertz CT molecular complexity index is 903. The van der Waals surface area contributed by atoms with E-state index in [9.17, 15) is 4.79 Å². The molecule has 0 aromatic heterocycles. The monoisotopic (exact) mass is 472 g/mol. The Hall–Kier alpha value is -2.31. The fraction of sp³-hybridized carbons (Fsp3) is 0.519. The van der Waals surface area contributed by atoms with Crippen molar-refractivity contribution < 1.29 is 23.4 Å². The summed E-state index contributed by atoms with van der Waals surface area (Å²) in [5.41, 5.74) is 2.49. The first-order valence-corrected chi connectivity index (χ1v) is 14.5. The van der Waals surface area contributed by atoms with Crippen LogP contribution in [0.5, 0.6) is 11.5 Å². The Morgan fingerprint density at radius 1 is 1.03 bits per heavy atom. The van der Waals surface area contributed by atoms with Gasteiger partial charge < -0.3 is 18.6 Å². The fourth-order valence-corrected chi connectivity index (χ4v) is 4.95. The minimum atomic E-state index is -1.95. The van der Waals surface area contributed by atoms with Crippen LogP contribution < -0.4 is 9.47 Å². The summed E-state index contributed by atoms with van der Waals surface area (Å²) in [7, 11) is 1.22. The first kappa shape index (κ1) is 26.9.